The minimum absolute atomic E-state index is 0.0923. The Morgan fingerprint density at radius 3 is 1.44 bits per heavy atom. The zero-order valence-corrected chi connectivity index (χ0v) is 15.8. The monoisotopic (exact) mass is 368 g/mol. The molecule has 2 fully saturated rings. The van der Waals surface area contributed by atoms with Gasteiger partial charge in [-0.3, -0.25) is 0 Å². The van der Waals surface area contributed by atoms with Crippen LogP contribution in [0.4, 0.5) is 0 Å². The number of hydrogen-bond donors (Lipinski definition) is 0. The minimum atomic E-state index is -0.0923. The Morgan fingerprint density at radius 1 is 0.630 bits per heavy atom. The third kappa shape index (κ3) is 5.47. The first-order valence-corrected chi connectivity index (χ1v) is 10.1. The van der Waals surface area contributed by atoms with Crippen LogP contribution in [0, 0.1) is 0 Å². The average Bonchev–Trinajstić information content (AvgIpc) is 2.73. The van der Waals surface area contributed by atoms with Crippen molar-refractivity contribution in [3.63, 3.8) is 0 Å². The molecule has 0 aromatic heterocycles. The van der Waals surface area contributed by atoms with Crippen molar-refractivity contribution in [1.82, 2.24) is 0 Å². The molecule has 0 bridgehead atoms. The molecule has 2 saturated heterocycles. The first kappa shape index (κ1) is 18.3. The Bertz CT molecular complexity index is 622. The van der Waals surface area contributed by atoms with Gasteiger partial charge in [0.15, 0.2) is 12.6 Å². The molecule has 144 valence electrons. The highest BCUT2D eigenvalue weighted by Crippen LogP contribution is 2.23. The molecule has 0 spiro atoms. The maximum absolute atomic E-state index is 5.90. The number of hydrogen-bond acceptors (Lipinski definition) is 4. The highest BCUT2D eigenvalue weighted by Gasteiger charge is 2.16. The van der Waals surface area contributed by atoms with E-state index in [9.17, 15) is 0 Å². The van der Waals surface area contributed by atoms with Crippen LogP contribution >= 0.6 is 0 Å². The Kier molecular flexibility index (Phi) is 6.28. The summed E-state index contributed by atoms with van der Waals surface area (Å²) < 4.78 is 23.1. The number of benzene rings is 2. The Hall–Kier alpha value is -2.04. The molecule has 2 aromatic carbocycles. The lowest BCUT2D eigenvalue weighted by Crippen LogP contribution is -2.24. The Morgan fingerprint density at radius 2 is 1.07 bits per heavy atom. The molecule has 4 nitrogen and oxygen atoms in total. The fraction of sp³-hybridized carbons (Fsp3) is 0.478. The van der Waals surface area contributed by atoms with E-state index in [0.29, 0.717) is 0 Å². The van der Waals surface area contributed by atoms with Gasteiger partial charge in [0.25, 0.3) is 0 Å². The first-order valence-electron chi connectivity index (χ1n) is 10.1. The highest BCUT2D eigenvalue weighted by molar-refractivity contribution is 5.34. The van der Waals surface area contributed by atoms with E-state index in [1.54, 1.807) is 0 Å². The fourth-order valence-electron chi connectivity index (χ4n) is 3.52. The highest BCUT2D eigenvalue weighted by atomic mass is 16.7. The number of ether oxygens (including phenoxy) is 4. The molecule has 2 heterocycles. The Labute approximate surface area is 161 Å². The van der Waals surface area contributed by atoms with Crippen molar-refractivity contribution in [1.29, 1.82) is 0 Å². The van der Waals surface area contributed by atoms with Crippen molar-refractivity contribution in [3.05, 3.63) is 59.7 Å². The van der Waals surface area contributed by atoms with Crippen LogP contribution in [0.3, 0.4) is 0 Å². The second-order valence-electron chi connectivity index (χ2n) is 7.29. The van der Waals surface area contributed by atoms with Crippen molar-refractivity contribution in [2.24, 2.45) is 0 Å². The standard InChI is InChI=1S/C23H28O4/c1-3-15-24-22(5-1)26-20-11-7-18(8-12-20)17-19-9-13-21(14-10-19)27-23-6-2-4-16-25-23/h7-14,22-23H,1-6,15-17H2. The quantitative estimate of drug-likeness (QED) is 0.712. The van der Waals surface area contributed by atoms with E-state index < -0.39 is 0 Å². The molecular weight excluding hydrogens is 340 g/mol. The van der Waals surface area contributed by atoms with Crippen LogP contribution in [0.5, 0.6) is 11.5 Å². The Balaban J connectivity index is 1.29. The molecule has 27 heavy (non-hydrogen) atoms. The van der Waals surface area contributed by atoms with Crippen LogP contribution in [-0.4, -0.2) is 25.8 Å². The second-order valence-corrected chi connectivity index (χ2v) is 7.29. The molecule has 0 amide bonds. The lowest BCUT2D eigenvalue weighted by molar-refractivity contribution is -0.106. The molecule has 4 heteroatoms. The predicted octanol–water partition coefficient (Wildman–Crippen LogP) is 5.09. The van der Waals surface area contributed by atoms with E-state index in [1.165, 1.54) is 24.0 Å². The fourth-order valence-corrected chi connectivity index (χ4v) is 3.52. The zero-order valence-electron chi connectivity index (χ0n) is 15.8. The van der Waals surface area contributed by atoms with Gasteiger partial charge in [-0.1, -0.05) is 24.3 Å². The summed E-state index contributed by atoms with van der Waals surface area (Å²) in [5.74, 6) is 1.75. The van der Waals surface area contributed by atoms with Gasteiger partial charge in [-0.05, 0) is 67.5 Å². The van der Waals surface area contributed by atoms with Gasteiger partial charge in [0.1, 0.15) is 11.5 Å². The van der Waals surface area contributed by atoms with Crippen molar-refractivity contribution in [3.8, 4) is 11.5 Å². The van der Waals surface area contributed by atoms with E-state index in [0.717, 1.165) is 56.8 Å². The lowest BCUT2D eigenvalue weighted by Gasteiger charge is -2.23. The summed E-state index contributed by atoms with van der Waals surface area (Å²) in [5.41, 5.74) is 2.52. The molecule has 0 aliphatic carbocycles. The predicted molar refractivity (Wildman–Crippen MR) is 104 cm³/mol. The molecule has 2 aromatic rings. The molecule has 0 radical (unpaired) electrons. The normalized spacial score (nSPS) is 23.0. The van der Waals surface area contributed by atoms with E-state index in [4.69, 9.17) is 18.9 Å². The summed E-state index contributed by atoms with van der Waals surface area (Å²) >= 11 is 0. The van der Waals surface area contributed by atoms with E-state index in [2.05, 4.69) is 24.3 Å². The van der Waals surface area contributed by atoms with Gasteiger partial charge >= 0.3 is 0 Å². The molecule has 2 atom stereocenters. The van der Waals surface area contributed by atoms with Crippen molar-refractivity contribution in [2.45, 2.75) is 57.5 Å². The van der Waals surface area contributed by atoms with Gasteiger partial charge in [0, 0.05) is 12.8 Å². The van der Waals surface area contributed by atoms with Crippen LogP contribution in [0.15, 0.2) is 48.5 Å². The summed E-state index contributed by atoms with van der Waals surface area (Å²) in [6.45, 7) is 1.60. The second kappa shape index (κ2) is 9.25. The van der Waals surface area contributed by atoms with Crippen molar-refractivity contribution >= 4 is 0 Å². The van der Waals surface area contributed by atoms with E-state index in [-0.39, 0.29) is 12.6 Å². The molecule has 4 rings (SSSR count). The van der Waals surface area contributed by atoms with Gasteiger partial charge in [-0.2, -0.15) is 0 Å². The van der Waals surface area contributed by atoms with Crippen LogP contribution in [0.2, 0.25) is 0 Å². The minimum Gasteiger partial charge on any atom is -0.465 e. The molecule has 2 aliphatic heterocycles. The van der Waals surface area contributed by atoms with E-state index in [1.807, 2.05) is 24.3 Å². The maximum Gasteiger partial charge on any atom is 0.199 e. The third-order valence-corrected chi connectivity index (χ3v) is 5.07. The van der Waals surface area contributed by atoms with Crippen LogP contribution < -0.4 is 9.47 Å². The summed E-state index contributed by atoms with van der Waals surface area (Å²) in [7, 11) is 0. The van der Waals surface area contributed by atoms with Gasteiger partial charge in [0.2, 0.25) is 0 Å². The smallest absolute Gasteiger partial charge is 0.199 e. The summed E-state index contributed by atoms with van der Waals surface area (Å²) in [6.07, 6.45) is 7.28. The zero-order chi connectivity index (χ0) is 18.3. The lowest BCUT2D eigenvalue weighted by atomic mass is 10.0. The van der Waals surface area contributed by atoms with Gasteiger partial charge in [0.05, 0.1) is 13.2 Å². The first-order chi connectivity index (χ1) is 13.3. The van der Waals surface area contributed by atoms with Gasteiger partial charge < -0.3 is 18.9 Å². The average molecular weight is 368 g/mol. The van der Waals surface area contributed by atoms with Gasteiger partial charge in [-0.15, -0.1) is 0 Å². The van der Waals surface area contributed by atoms with Crippen molar-refractivity contribution in [2.75, 3.05) is 13.2 Å². The molecule has 2 aliphatic rings. The van der Waals surface area contributed by atoms with E-state index >= 15 is 0 Å². The maximum atomic E-state index is 5.90. The SMILES string of the molecule is c1cc(OC2CCCCO2)ccc1Cc1ccc(OC2CCCCO2)cc1. The summed E-state index contributed by atoms with van der Waals surface area (Å²) in [5, 5.41) is 0. The molecule has 0 N–H and O–H groups in total. The topological polar surface area (TPSA) is 36.9 Å². The summed E-state index contributed by atoms with van der Waals surface area (Å²) in [6, 6.07) is 16.6. The molecule has 0 saturated carbocycles. The molecular formula is C23H28O4. The van der Waals surface area contributed by atoms with Crippen molar-refractivity contribution < 1.29 is 18.9 Å². The molecule has 2 unspecified atom stereocenters. The third-order valence-electron chi connectivity index (χ3n) is 5.07. The summed E-state index contributed by atoms with van der Waals surface area (Å²) in [4.78, 5) is 0. The largest absolute Gasteiger partial charge is 0.465 e. The van der Waals surface area contributed by atoms with Crippen LogP contribution in [-0.2, 0) is 15.9 Å². The van der Waals surface area contributed by atoms with Gasteiger partial charge in [-0.25, -0.2) is 0 Å². The number of rotatable bonds is 6. The van der Waals surface area contributed by atoms with Crippen LogP contribution in [0.1, 0.15) is 49.7 Å². The van der Waals surface area contributed by atoms with Crippen LogP contribution in [0.25, 0.3) is 0 Å².